The number of carbonyl (C=O) groups is 1. The van der Waals surface area contributed by atoms with E-state index in [1.807, 2.05) is 6.07 Å². The van der Waals surface area contributed by atoms with Crippen LogP contribution in [0.4, 0.5) is 5.69 Å². The number of carbonyl (C=O) groups excluding carboxylic acids is 1. The van der Waals surface area contributed by atoms with Gasteiger partial charge < -0.3 is 10.3 Å². The molecule has 1 amide bonds. The van der Waals surface area contributed by atoms with Gasteiger partial charge in [0.1, 0.15) is 0 Å². The summed E-state index contributed by atoms with van der Waals surface area (Å²) in [5, 5.41) is 3.50. The van der Waals surface area contributed by atoms with Crippen LogP contribution in [0.25, 0.3) is 10.9 Å². The van der Waals surface area contributed by atoms with Gasteiger partial charge in [-0.05, 0) is 65.9 Å². The van der Waals surface area contributed by atoms with Crippen LogP contribution in [0.5, 0.6) is 0 Å². The maximum absolute atomic E-state index is 12.4. The largest absolute Gasteiger partial charge is 0.328 e. The van der Waals surface area contributed by atoms with Gasteiger partial charge in [0, 0.05) is 15.7 Å². The molecule has 0 spiro atoms. The van der Waals surface area contributed by atoms with E-state index in [4.69, 9.17) is 11.6 Å². The minimum absolute atomic E-state index is 0.275. The van der Waals surface area contributed by atoms with E-state index in [1.54, 1.807) is 19.1 Å². The van der Waals surface area contributed by atoms with Crippen molar-refractivity contribution in [2.75, 3.05) is 5.32 Å². The van der Waals surface area contributed by atoms with Gasteiger partial charge in [0.25, 0.3) is 11.5 Å². The summed E-state index contributed by atoms with van der Waals surface area (Å²) >= 11 is 8.25. The normalized spacial score (nSPS) is 10.8. The molecular formula is C17H13ClIN3O3. The van der Waals surface area contributed by atoms with E-state index in [-0.39, 0.29) is 18.0 Å². The van der Waals surface area contributed by atoms with Crippen molar-refractivity contribution in [3.05, 3.63) is 71.4 Å². The summed E-state index contributed by atoms with van der Waals surface area (Å²) in [6.07, 6.45) is 0. The molecule has 0 aliphatic rings. The Hall–Kier alpha value is -2.13. The molecule has 8 heteroatoms. The molecule has 0 saturated carbocycles. The Labute approximate surface area is 161 Å². The third kappa shape index (κ3) is 3.47. The standard InChI is InChI=1S/C17H13ClIN3O3/c1-2-22-16(24)11-5-3-9(7-14(11)21-17(22)25)15(23)20-13-6-4-10(19)8-12(13)18/h3-8H,2H2,1H3,(H,20,23)(H,21,25). The van der Waals surface area contributed by atoms with Gasteiger partial charge in [-0.2, -0.15) is 0 Å². The molecule has 6 nitrogen and oxygen atoms in total. The lowest BCUT2D eigenvalue weighted by molar-refractivity contribution is 0.102. The van der Waals surface area contributed by atoms with Gasteiger partial charge in [0.05, 0.1) is 21.6 Å². The molecule has 0 bridgehead atoms. The van der Waals surface area contributed by atoms with Gasteiger partial charge in [0.2, 0.25) is 0 Å². The first kappa shape index (κ1) is 17.7. The molecule has 0 atom stereocenters. The van der Waals surface area contributed by atoms with Crippen LogP contribution in [-0.4, -0.2) is 15.5 Å². The molecule has 0 saturated heterocycles. The smallest absolute Gasteiger partial charge is 0.321 e. The second kappa shape index (κ2) is 7.01. The zero-order chi connectivity index (χ0) is 18.1. The number of aromatic nitrogens is 2. The van der Waals surface area contributed by atoms with Crippen molar-refractivity contribution in [3.63, 3.8) is 0 Å². The van der Waals surface area contributed by atoms with Crippen molar-refractivity contribution in [1.82, 2.24) is 9.55 Å². The van der Waals surface area contributed by atoms with E-state index >= 15 is 0 Å². The predicted molar refractivity (Wildman–Crippen MR) is 107 cm³/mol. The Kier molecular flexibility index (Phi) is 4.96. The first-order valence-electron chi connectivity index (χ1n) is 7.44. The van der Waals surface area contributed by atoms with Gasteiger partial charge in [-0.25, -0.2) is 4.79 Å². The molecule has 25 heavy (non-hydrogen) atoms. The summed E-state index contributed by atoms with van der Waals surface area (Å²) in [6, 6.07) is 9.83. The Morgan fingerprint density at radius 2 is 2.00 bits per heavy atom. The van der Waals surface area contributed by atoms with E-state index in [0.29, 0.717) is 27.2 Å². The van der Waals surface area contributed by atoms with E-state index in [2.05, 4.69) is 32.9 Å². The summed E-state index contributed by atoms with van der Waals surface area (Å²) in [6.45, 7) is 1.99. The van der Waals surface area contributed by atoms with Crippen LogP contribution in [0.2, 0.25) is 5.02 Å². The highest BCUT2D eigenvalue weighted by molar-refractivity contribution is 14.1. The van der Waals surface area contributed by atoms with Gasteiger partial charge in [-0.15, -0.1) is 0 Å². The van der Waals surface area contributed by atoms with Gasteiger partial charge in [-0.1, -0.05) is 11.6 Å². The Balaban J connectivity index is 2.00. The zero-order valence-electron chi connectivity index (χ0n) is 13.1. The van der Waals surface area contributed by atoms with Crippen LogP contribution in [-0.2, 0) is 6.54 Å². The number of amides is 1. The van der Waals surface area contributed by atoms with E-state index in [1.165, 1.54) is 18.2 Å². The zero-order valence-corrected chi connectivity index (χ0v) is 16.0. The molecule has 0 unspecified atom stereocenters. The SMILES string of the molecule is CCn1c(=O)[nH]c2cc(C(=O)Nc3ccc(I)cc3Cl)ccc2c1=O. The Morgan fingerprint density at radius 1 is 1.24 bits per heavy atom. The lowest BCUT2D eigenvalue weighted by Crippen LogP contribution is -2.34. The fraction of sp³-hybridized carbons (Fsp3) is 0.118. The van der Waals surface area contributed by atoms with E-state index < -0.39 is 5.69 Å². The Morgan fingerprint density at radius 3 is 2.68 bits per heavy atom. The van der Waals surface area contributed by atoms with Crippen molar-refractivity contribution < 1.29 is 4.79 Å². The maximum Gasteiger partial charge on any atom is 0.328 e. The second-order valence-corrected chi connectivity index (χ2v) is 6.97. The van der Waals surface area contributed by atoms with Crippen molar-refractivity contribution in [1.29, 1.82) is 0 Å². The highest BCUT2D eigenvalue weighted by Crippen LogP contribution is 2.24. The average Bonchev–Trinajstić information content (AvgIpc) is 2.57. The fourth-order valence-electron chi connectivity index (χ4n) is 2.47. The molecule has 2 aromatic carbocycles. The summed E-state index contributed by atoms with van der Waals surface area (Å²) in [5.74, 6) is -0.384. The highest BCUT2D eigenvalue weighted by Gasteiger charge is 2.12. The molecule has 1 heterocycles. The summed E-state index contributed by atoms with van der Waals surface area (Å²) in [7, 11) is 0. The number of aromatic amines is 1. The monoisotopic (exact) mass is 469 g/mol. The van der Waals surface area contributed by atoms with Gasteiger partial charge in [-0.3, -0.25) is 14.2 Å². The number of nitrogens with zero attached hydrogens (tertiary/aromatic N) is 1. The van der Waals surface area contributed by atoms with E-state index in [0.717, 1.165) is 8.14 Å². The molecule has 3 rings (SSSR count). The number of H-pyrrole nitrogens is 1. The minimum Gasteiger partial charge on any atom is -0.321 e. The molecule has 0 aliphatic heterocycles. The second-order valence-electron chi connectivity index (χ2n) is 5.32. The maximum atomic E-state index is 12.4. The average molecular weight is 470 g/mol. The van der Waals surface area contributed by atoms with Crippen molar-refractivity contribution in [3.8, 4) is 0 Å². The van der Waals surface area contributed by atoms with Crippen molar-refractivity contribution in [2.24, 2.45) is 0 Å². The number of fused-ring (bicyclic) bond motifs is 1. The van der Waals surface area contributed by atoms with Crippen LogP contribution in [0, 0.1) is 3.57 Å². The minimum atomic E-state index is -0.502. The van der Waals surface area contributed by atoms with Crippen LogP contribution < -0.4 is 16.6 Å². The first-order chi connectivity index (χ1) is 11.9. The number of hydrogen-bond donors (Lipinski definition) is 2. The Bertz CT molecular complexity index is 1100. The number of hydrogen-bond acceptors (Lipinski definition) is 3. The van der Waals surface area contributed by atoms with Crippen LogP contribution in [0.15, 0.2) is 46.0 Å². The third-order valence-electron chi connectivity index (χ3n) is 3.74. The van der Waals surface area contributed by atoms with Crippen LogP contribution in [0.3, 0.4) is 0 Å². The lowest BCUT2D eigenvalue weighted by atomic mass is 10.1. The number of benzene rings is 2. The van der Waals surface area contributed by atoms with Crippen molar-refractivity contribution >= 4 is 56.7 Å². The van der Waals surface area contributed by atoms with Crippen molar-refractivity contribution in [2.45, 2.75) is 13.5 Å². The fourth-order valence-corrected chi connectivity index (χ4v) is 3.37. The molecule has 2 N–H and O–H groups in total. The quantitative estimate of drug-likeness (QED) is 0.578. The highest BCUT2D eigenvalue weighted by atomic mass is 127. The molecule has 0 radical (unpaired) electrons. The summed E-state index contributed by atoms with van der Waals surface area (Å²) < 4.78 is 2.06. The van der Waals surface area contributed by atoms with Gasteiger partial charge in [0.15, 0.2) is 0 Å². The number of halogens is 2. The molecule has 1 aromatic heterocycles. The number of nitrogens with one attached hydrogen (secondary N) is 2. The van der Waals surface area contributed by atoms with Gasteiger partial charge >= 0.3 is 5.69 Å². The predicted octanol–water partition coefficient (Wildman–Crippen LogP) is 3.22. The number of anilines is 1. The third-order valence-corrected chi connectivity index (χ3v) is 4.72. The van der Waals surface area contributed by atoms with Crippen LogP contribution in [0.1, 0.15) is 17.3 Å². The topological polar surface area (TPSA) is 84.0 Å². The van der Waals surface area contributed by atoms with Crippen LogP contribution >= 0.6 is 34.2 Å². The lowest BCUT2D eigenvalue weighted by Gasteiger charge is -2.09. The molecule has 0 aliphatic carbocycles. The molecule has 0 fully saturated rings. The molecule has 128 valence electrons. The summed E-state index contributed by atoms with van der Waals surface area (Å²) in [5.41, 5.74) is 0.238. The molecule has 3 aromatic rings. The summed E-state index contributed by atoms with van der Waals surface area (Å²) in [4.78, 5) is 39.2. The van der Waals surface area contributed by atoms with E-state index in [9.17, 15) is 14.4 Å². The number of rotatable bonds is 3. The molecular weight excluding hydrogens is 457 g/mol. The first-order valence-corrected chi connectivity index (χ1v) is 8.89.